The molecule has 0 radical (unpaired) electrons. The summed E-state index contributed by atoms with van der Waals surface area (Å²) in [5.74, 6) is 1.77. The highest BCUT2D eigenvalue weighted by Gasteiger charge is 2.23. The highest BCUT2D eigenvalue weighted by molar-refractivity contribution is 5.96. The number of benzene rings is 1. The highest BCUT2D eigenvalue weighted by atomic mass is 16.3. The summed E-state index contributed by atoms with van der Waals surface area (Å²) in [6.45, 7) is 2.49. The van der Waals surface area contributed by atoms with E-state index in [1.807, 2.05) is 37.3 Å². The zero-order valence-electron chi connectivity index (χ0n) is 11.5. The molecule has 0 bridgehead atoms. The quantitative estimate of drug-likeness (QED) is 0.901. The van der Waals surface area contributed by atoms with Crippen molar-refractivity contribution in [2.24, 2.45) is 0 Å². The Morgan fingerprint density at radius 3 is 2.95 bits per heavy atom. The number of hydrogen-bond donors (Lipinski definition) is 2. The zero-order chi connectivity index (χ0) is 13.9. The number of hydrogen-bond acceptors (Lipinski definition) is 3. The van der Waals surface area contributed by atoms with Crippen molar-refractivity contribution in [3.8, 4) is 0 Å². The van der Waals surface area contributed by atoms with Gasteiger partial charge in [0, 0.05) is 5.69 Å². The predicted molar refractivity (Wildman–Crippen MR) is 77.5 cm³/mol. The van der Waals surface area contributed by atoms with Crippen LogP contribution in [-0.4, -0.2) is 11.9 Å². The van der Waals surface area contributed by atoms with Crippen molar-refractivity contribution in [3.05, 3.63) is 53.5 Å². The first-order valence-corrected chi connectivity index (χ1v) is 6.90. The molecular weight excluding hydrogens is 252 g/mol. The normalized spacial score (nSPS) is 18.2. The molecule has 0 spiro atoms. The molecule has 1 aliphatic heterocycles. The van der Waals surface area contributed by atoms with E-state index in [9.17, 15) is 4.79 Å². The van der Waals surface area contributed by atoms with Gasteiger partial charge in [-0.05, 0) is 43.5 Å². The Labute approximate surface area is 118 Å². The fourth-order valence-corrected chi connectivity index (χ4v) is 2.51. The molecule has 1 atom stereocenters. The monoisotopic (exact) mass is 270 g/mol. The molecule has 1 unspecified atom stereocenters. The van der Waals surface area contributed by atoms with E-state index < -0.39 is 0 Å². The third-order valence-electron chi connectivity index (χ3n) is 3.61. The Morgan fingerprint density at radius 1 is 1.30 bits per heavy atom. The van der Waals surface area contributed by atoms with Crippen molar-refractivity contribution >= 4 is 11.6 Å². The van der Waals surface area contributed by atoms with E-state index in [1.165, 1.54) is 5.56 Å². The van der Waals surface area contributed by atoms with Gasteiger partial charge in [-0.1, -0.05) is 18.2 Å². The van der Waals surface area contributed by atoms with Crippen LogP contribution in [0, 0.1) is 6.92 Å². The average molecular weight is 270 g/mol. The first kappa shape index (κ1) is 12.9. The summed E-state index contributed by atoms with van der Waals surface area (Å²) in [6.07, 6.45) is 1.69. The number of aryl methyl sites for hydroxylation is 2. The predicted octanol–water partition coefficient (Wildman–Crippen LogP) is 2.63. The van der Waals surface area contributed by atoms with E-state index in [2.05, 4.69) is 16.7 Å². The minimum Gasteiger partial charge on any atom is -0.465 e. The largest absolute Gasteiger partial charge is 0.465 e. The van der Waals surface area contributed by atoms with E-state index in [-0.39, 0.29) is 11.9 Å². The fourth-order valence-electron chi connectivity index (χ4n) is 2.51. The van der Waals surface area contributed by atoms with Crippen LogP contribution in [0.1, 0.15) is 23.5 Å². The molecule has 1 aromatic heterocycles. The number of nitrogens with one attached hydrogen (secondary N) is 2. The maximum absolute atomic E-state index is 12.2. The lowest BCUT2D eigenvalue weighted by atomic mass is 10.1. The van der Waals surface area contributed by atoms with Gasteiger partial charge in [0.2, 0.25) is 5.91 Å². The van der Waals surface area contributed by atoms with Crippen LogP contribution < -0.4 is 10.6 Å². The standard InChI is InChI=1S/C16H18N2O2/c1-11-6-8-13(20-11)10-17-15-9-7-12-4-2-3-5-14(12)18-16(15)19/h2-6,8,15,17H,7,9-10H2,1H3,(H,18,19). The molecule has 2 heterocycles. The number of rotatable bonds is 3. The van der Waals surface area contributed by atoms with E-state index in [0.29, 0.717) is 6.54 Å². The minimum absolute atomic E-state index is 0.0261. The first-order chi connectivity index (χ1) is 9.72. The summed E-state index contributed by atoms with van der Waals surface area (Å²) in [6, 6.07) is 11.6. The molecule has 4 heteroatoms. The molecule has 0 fully saturated rings. The number of amides is 1. The lowest BCUT2D eigenvalue weighted by molar-refractivity contribution is -0.118. The van der Waals surface area contributed by atoms with Crippen LogP contribution in [0.3, 0.4) is 0 Å². The van der Waals surface area contributed by atoms with Gasteiger partial charge in [0.15, 0.2) is 0 Å². The number of carbonyl (C=O) groups excluding carboxylic acids is 1. The minimum atomic E-state index is -0.187. The van der Waals surface area contributed by atoms with Crippen molar-refractivity contribution in [1.82, 2.24) is 5.32 Å². The van der Waals surface area contributed by atoms with E-state index in [4.69, 9.17) is 4.42 Å². The van der Waals surface area contributed by atoms with Crippen LogP contribution in [0.5, 0.6) is 0 Å². The van der Waals surface area contributed by atoms with Gasteiger partial charge in [-0.2, -0.15) is 0 Å². The molecule has 0 saturated carbocycles. The van der Waals surface area contributed by atoms with E-state index in [0.717, 1.165) is 30.0 Å². The third-order valence-corrected chi connectivity index (χ3v) is 3.61. The molecule has 2 N–H and O–H groups in total. The number of anilines is 1. The molecule has 0 aliphatic carbocycles. The smallest absolute Gasteiger partial charge is 0.241 e. The summed E-state index contributed by atoms with van der Waals surface area (Å²) < 4.78 is 5.51. The molecule has 0 saturated heterocycles. The zero-order valence-corrected chi connectivity index (χ0v) is 11.5. The van der Waals surface area contributed by atoms with Crippen LogP contribution in [0.15, 0.2) is 40.8 Å². The van der Waals surface area contributed by atoms with E-state index >= 15 is 0 Å². The molecule has 2 aromatic rings. The van der Waals surface area contributed by atoms with Gasteiger partial charge in [0.05, 0.1) is 12.6 Å². The summed E-state index contributed by atoms with van der Waals surface area (Å²) in [4.78, 5) is 12.2. The van der Waals surface area contributed by atoms with Crippen molar-refractivity contribution in [1.29, 1.82) is 0 Å². The topological polar surface area (TPSA) is 54.3 Å². The number of furan rings is 1. The van der Waals surface area contributed by atoms with Gasteiger partial charge in [-0.3, -0.25) is 10.1 Å². The Hall–Kier alpha value is -2.07. The van der Waals surface area contributed by atoms with Gasteiger partial charge in [-0.15, -0.1) is 0 Å². The molecule has 1 aliphatic rings. The molecule has 20 heavy (non-hydrogen) atoms. The molecule has 4 nitrogen and oxygen atoms in total. The summed E-state index contributed by atoms with van der Waals surface area (Å²) in [5.41, 5.74) is 2.12. The van der Waals surface area contributed by atoms with Crippen LogP contribution in [0.2, 0.25) is 0 Å². The maximum Gasteiger partial charge on any atom is 0.241 e. The second-order valence-corrected chi connectivity index (χ2v) is 5.13. The molecule has 1 aromatic carbocycles. The van der Waals surface area contributed by atoms with Crippen LogP contribution >= 0.6 is 0 Å². The SMILES string of the molecule is Cc1ccc(CNC2CCc3ccccc3NC2=O)o1. The summed E-state index contributed by atoms with van der Waals surface area (Å²) in [7, 11) is 0. The van der Waals surface area contributed by atoms with Crippen LogP contribution in [0.25, 0.3) is 0 Å². The number of para-hydroxylation sites is 1. The first-order valence-electron chi connectivity index (χ1n) is 6.90. The molecule has 3 rings (SSSR count). The molecule has 1 amide bonds. The maximum atomic E-state index is 12.2. The van der Waals surface area contributed by atoms with Gasteiger partial charge < -0.3 is 9.73 Å². The summed E-state index contributed by atoms with van der Waals surface area (Å²) in [5, 5.41) is 6.25. The second-order valence-electron chi connectivity index (χ2n) is 5.13. The Bertz CT molecular complexity index is 618. The second kappa shape index (κ2) is 5.51. The molecule has 104 valence electrons. The average Bonchev–Trinajstić information content (AvgIpc) is 2.78. The van der Waals surface area contributed by atoms with Crippen molar-refractivity contribution in [2.45, 2.75) is 32.4 Å². The fraction of sp³-hybridized carbons (Fsp3) is 0.312. The third kappa shape index (κ3) is 2.75. The lowest BCUT2D eigenvalue weighted by Gasteiger charge is -2.14. The number of carbonyl (C=O) groups is 1. The molecular formula is C16H18N2O2. The van der Waals surface area contributed by atoms with Gasteiger partial charge in [0.1, 0.15) is 11.5 Å². The van der Waals surface area contributed by atoms with Gasteiger partial charge >= 0.3 is 0 Å². The van der Waals surface area contributed by atoms with Crippen LogP contribution in [-0.2, 0) is 17.8 Å². The van der Waals surface area contributed by atoms with Crippen molar-refractivity contribution in [3.63, 3.8) is 0 Å². The lowest BCUT2D eigenvalue weighted by Crippen LogP contribution is -2.39. The van der Waals surface area contributed by atoms with E-state index in [1.54, 1.807) is 0 Å². The van der Waals surface area contributed by atoms with Crippen LogP contribution in [0.4, 0.5) is 5.69 Å². The van der Waals surface area contributed by atoms with Crippen molar-refractivity contribution in [2.75, 3.05) is 5.32 Å². The van der Waals surface area contributed by atoms with Gasteiger partial charge in [0.25, 0.3) is 0 Å². The highest BCUT2D eigenvalue weighted by Crippen LogP contribution is 2.21. The summed E-state index contributed by atoms with van der Waals surface area (Å²) >= 11 is 0. The Morgan fingerprint density at radius 2 is 2.15 bits per heavy atom. The van der Waals surface area contributed by atoms with Crippen molar-refractivity contribution < 1.29 is 9.21 Å². The Kier molecular flexibility index (Phi) is 3.56. The Balaban J connectivity index is 1.65. The number of fused-ring (bicyclic) bond motifs is 1. The van der Waals surface area contributed by atoms with Gasteiger partial charge in [-0.25, -0.2) is 0 Å².